The van der Waals surface area contributed by atoms with Crippen molar-refractivity contribution in [2.75, 3.05) is 26.7 Å². The molecule has 3 nitrogen and oxygen atoms in total. The van der Waals surface area contributed by atoms with Gasteiger partial charge in [0.2, 0.25) is 0 Å². The van der Waals surface area contributed by atoms with Crippen LogP contribution in [-0.4, -0.2) is 42.5 Å². The molecule has 1 N–H and O–H groups in total. The third-order valence-electron chi connectivity index (χ3n) is 2.10. The summed E-state index contributed by atoms with van der Waals surface area (Å²) in [6.45, 7) is 6.91. The topological polar surface area (TPSA) is 40.5 Å². The van der Waals surface area contributed by atoms with Crippen LogP contribution in [0.15, 0.2) is 0 Å². The van der Waals surface area contributed by atoms with Crippen LogP contribution in [0.1, 0.15) is 20.8 Å². The first-order chi connectivity index (χ1) is 5.40. The highest BCUT2D eigenvalue weighted by atomic mass is 16.3. The molecule has 0 atom stereocenters. The Balaban J connectivity index is 3.96. The lowest BCUT2D eigenvalue weighted by atomic mass is 9.88. The van der Waals surface area contributed by atoms with Crippen LogP contribution in [-0.2, 0) is 4.79 Å². The SMILES string of the molecule is CC(=O)C(C)(C)CN(C)CCO. The van der Waals surface area contributed by atoms with E-state index in [9.17, 15) is 4.79 Å². The molecule has 72 valence electrons. The highest BCUT2D eigenvalue weighted by molar-refractivity contribution is 5.81. The van der Waals surface area contributed by atoms with Gasteiger partial charge in [-0.25, -0.2) is 0 Å². The van der Waals surface area contributed by atoms with E-state index in [2.05, 4.69) is 0 Å². The Morgan fingerprint density at radius 1 is 1.50 bits per heavy atom. The summed E-state index contributed by atoms with van der Waals surface area (Å²) in [4.78, 5) is 13.1. The van der Waals surface area contributed by atoms with Crippen molar-refractivity contribution in [1.82, 2.24) is 4.90 Å². The van der Waals surface area contributed by atoms with Gasteiger partial charge in [0.05, 0.1) is 6.61 Å². The van der Waals surface area contributed by atoms with Crippen molar-refractivity contribution < 1.29 is 9.90 Å². The normalized spacial score (nSPS) is 12.2. The van der Waals surface area contributed by atoms with E-state index in [0.717, 1.165) is 0 Å². The van der Waals surface area contributed by atoms with Crippen LogP contribution in [0.3, 0.4) is 0 Å². The van der Waals surface area contributed by atoms with Crippen LogP contribution in [0.4, 0.5) is 0 Å². The molecular formula is C9H19NO2. The second-order valence-electron chi connectivity index (χ2n) is 3.90. The Hall–Kier alpha value is -0.410. The molecule has 0 heterocycles. The van der Waals surface area contributed by atoms with Crippen LogP contribution in [0.25, 0.3) is 0 Å². The molecule has 0 saturated heterocycles. The fourth-order valence-corrected chi connectivity index (χ4v) is 1.04. The molecule has 0 bridgehead atoms. The molecule has 0 aliphatic carbocycles. The Morgan fingerprint density at radius 2 is 2.00 bits per heavy atom. The first-order valence-electron chi connectivity index (χ1n) is 4.20. The first kappa shape index (κ1) is 11.6. The molecular weight excluding hydrogens is 154 g/mol. The molecule has 0 aromatic rings. The lowest BCUT2D eigenvalue weighted by Gasteiger charge is -2.27. The molecule has 0 amide bonds. The van der Waals surface area contributed by atoms with Crippen LogP contribution >= 0.6 is 0 Å². The van der Waals surface area contributed by atoms with Gasteiger partial charge in [0.1, 0.15) is 5.78 Å². The molecule has 0 unspecified atom stereocenters. The number of nitrogens with zero attached hydrogens (tertiary/aromatic N) is 1. The number of hydrogen-bond acceptors (Lipinski definition) is 3. The highest BCUT2D eigenvalue weighted by Crippen LogP contribution is 2.16. The summed E-state index contributed by atoms with van der Waals surface area (Å²) in [6.07, 6.45) is 0. The average Bonchev–Trinajstić information content (AvgIpc) is 1.85. The van der Waals surface area contributed by atoms with Crippen molar-refractivity contribution in [3.8, 4) is 0 Å². The van der Waals surface area contributed by atoms with Gasteiger partial charge < -0.3 is 10.0 Å². The van der Waals surface area contributed by atoms with Gasteiger partial charge in [-0.1, -0.05) is 13.8 Å². The smallest absolute Gasteiger partial charge is 0.136 e. The molecule has 0 aromatic carbocycles. The average molecular weight is 173 g/mol. The first-order valence-corrected chi connectivity index (χ1v) is 4.20. The van der Waals surface area contributed by atoms with E-state index in [1.54, 1.807) is 6.92 Å². The largest absolute Gasteiger partial charge is 0.395 e. The maximum atomic E-state index is 11.1. The lowest BCUT2D eigenvalue weighted by Crippen LogP contribution is -2.37. The van der Waals surface area contributed by atoms with Gasteiger partial charge in [-0.05, 0) is 14.0 Å². The number of likely N-dealkylation sites (N-methyl/N-ethyl adjacent to an activating group) is 1. The minimum Gasteiger partial charge on any atom is -0.395 e. The third kappa shape index (κ3) is 3.83. The summed E-state index contributed by atoms with van der Waals surface area (Å²) in [5, 5.41) is 8.65. The minimum atomic E-state index is -0.302. The summed E-state index contributed by atoms with van der Waals surface area (Å²) >= 11 is 0. The van der Waals surface area contributed by atoms with Crippen molar-refractivity contribution in [1.29, 1.82) is 0 Å². The molecule has 0 fully saturated rings. The van der Waals surface area contributed by atoms with Gasteiger partial charge in [0.25, 0.3) is 0 Å². The molecule has 3 heteroatoms. The summed E-state index contributed by atoms with van der Waals surface area (Å²) in [5.74, 6) is 0.187. The molecule has 0 aliphatic rings. The Labute approximate surface area is 74.4 Å². The Morgan fingerprint density at radius 3 is 2.33 bits per heavy atom. The van der Waals surface area contributed by atoms with Crippen molar-refractivity contribution in [2.24, 2.45) is 5.41 Å². The molecule has 0 rings (SSSR count). The van der Waals surface area contributed by atoms with E-state index in [1.807, 2.05) is 25.8 Å². The molecule has 0 radical (unpaired) electrons. The van der Waals surface area contributed by atoms with Gasteiger partial charge >= 0.3 is 0 Å². The zero-order valence-corrected chi connectivity index (χ0v) is 8.42. The van der Waals surface area contributed by atoms with Crippen molar-refractivity contribution >= 4 is 5.78 Å². The van der Waals surface area contributed by atoms with Gasteiger partial charge in [0, 0.05) is 18.5 Å². The second-order valence-corrected chi connectivity index (χ2v) is 3.90. The zero-order chi connectivity index (χ0) is 9.78. The highest BCUT2D eigenvalue weighted by Gasteiger charge is 2.24. The number of carbonyl (C=O) groups is 1. The third-order valence-corrected chi connectivity index (χ3v) is 2.10. The van der Waals surface area contributed by atoms with Crippen molar-refractivity contribution in [3.63, 3.8) is 0 Å². The van der Waals surface area contributed by atoms with Crippen molar-refractivity contribution in [2.45, 2.75) is 20.8 Å². The van der Waals surface area contributed by atoms with Gasteiger partial charge in [-0.2, -0.15) is 0 Å². The predicted octanol–water partition coefficient (Wildman–Crippen LogP) is 0.526. The Kier molecular flexibility index (Phi) is 4.42. The van der Waals surface area contributed by atoms with Gasteiger partial charge in [0.15, 0.2) is 0 Å². The van der Waals surface area contributed by atoms with Crippen LogP contribution in [0.5, 0.6) is 0 Å². The van der Waals surface area contributed by atoms with E-state index >= 15 is 0 Å². The number of aliphatic hydroxyl groups excluding tert-OH is 1. The standard InChI is InChI=1S/C9H19NO2/c1-8(12)9(2,3)7-10(4)5-6-11/h11H,5-7H2,1-4H3. The quantitative estimate of drug-likeness (QED) is 0.659. The number of hydrogen-bond donors (Lipinski definition) is 1. The van der Waals surface area contributed by atoms with Crippen LogP contribution in [0, 0.1) is 5.41 Å². The number of rotatable bonds is 5. The minimum absolute atomic E-state index is 0.143. The zero-order valence-electron chi connectivity index (χ0n) is 8.42. The maximum absolute atomic E-state index is 11.1. The monoisotopic (exact) mass is 173 g/mol. The van der Waals surface area contributed by atoms with E-state index in [4.69, 9.17) is 5.11 Å². The van der Waals surface area contributed by atoms with Gasteiger partial charge in [-0.3, -0.25) is 4.79 Å². The summed E-state index contributed by atoms with van der Waals surface area (Å²) in [7, 11) is 1.90. The van der Waals surface area contributed by atoms with E-state index in [1.165, 1.54) is 0 Å². The number of ketones is 1. The van der Waals surface area contributed by atoms with Crippen molar-refractivity contribution in [3.05, 3.63) is 0 Å². The summed E-state index contributed by atoms with van der Waals surface area (Å²) in [6, 6.07) is 0. The fourth-order valence-electron chi connectivity index (χ4n) is 1.04. The number of carbonyl (C=O) groups excluding carboxylic acids is 1. The second kappa shape index (κ2) is 4.58. The molecule has 0 aromatic heterocycles. The van der Waals surface area contributed by atoms with Crippen LogP contribution in [0.2, 0.25) is 0 Å². The van der Waals surface area contributed by atoms with E-state index < -0.39 is 0 Å². The Bertz CT molecular complexity index is 155. The molecule has 0 saturated carbocycles. The van der Waals surface area contributed by atoms with Gasteiger partial charge in [-0.15, -0.1) is 0 Å². The number of aliphatic hydroxyl groups is 1. The van der Waals surface area contributed by atoms with E-state index in [0.29, 0.717) is 13.1 Å². The number of Topliss-reactive ketones (excluding diaryl/α,β-unsaturated/α-hetero) is 1. The fraction of sp³-hybridized carbons (Fsp3) is 0.889. The molecule has 12 heavy (non-hydrogen) atoms. The van der Waals surface area contributed by atoms with Crippen LogP contribution < -0.4 is 0 Å². The maximum Gasteiger partial charge on any atom is 0.136 e. The summed E-state index contributed by atoms with van der Waals surface area (Å²) < 4.78 is 0. The summed E-state index contributed by atoms with van der Waals surface area (Å²) in [5.41, 5.74) is -0.302. The lowest BCUT2D eigenvalue weighted by molar-refractivity contribution is -0.125. The molecule has 0 spiro atoms. The van der Waals surface area contributed by atoms with E-state index in [-0.39, 0.29) is 17.8 Å². The predicted molar refractivity (Wildman–Crippen MR) is 49.0 cm³/mol. The molecule has 0 aliphatic heterocycles.